The molecule has 4 aromatic rings. The minimum absolute atomic E-state index is 0.0988. The van der Waals surface area contributed by atoms with Gasteiger partial charge in [-0.05, 0) is 36.4 Å². The average molecular weight is 430 g/mol. The molecule has 0 radical (unpaired) electrons. The third-order valence-corrected chi connectivity index (χ3v) is 5.70. The molecule has 0 N–H and O–H groups in total. The summed E-state index contributed by atoms with van der Waals surface area (Å²) in [6, 6.07) is 20.8. The number of amides is 2. The van der Waals surface area contributed by atoms with E-state index in [0.717, 1.165) is 0 Å². The fourth-order valence-corrected chi connectivity index (χ4v) is 4.10. The molecule has 3 aromatic carbocycles. The number of carbonyl (C=O) groups excluding carboxylic acids is 2. The summed E-state index contributed by atoms with van der Waals surface area (Å²) in [5.41, 5.74) is 1.58. The minimum Gasteiger partial charge on any atom is -0.274 e. The Morgan fingerprint density at radius 1 is 0.774 bits per heavy atom. The van der Waals surface area contributed by atoms with Crippen molar-refractivity contribution in [3.8, 4) is 5.69 Å². The molecule has 0 unspecified atom stereocenters. The Bertz CT molecular complexity index is 1390. The minimum atomic E-state index is -0.340. The van der Waals surface area contributed by atoms with Crippen LogP contribution in [0.5, 0.6) is 0 Å². The largest absolute Gasteiger partial charge is 0.274 e. The van der Waals surface area contributed by atoms with Gasteiger partial charge in [0.05, 0.1) is 32.7 Å². The molecule has 0 bridgehead atoms. The van der Waals surface area contributed by atoms with E-state index in [1.807, 2.05) is 6.07 Å². The number of para-hydroxylation sites is 2. The molecule has 2 amide bonds. The van der Waals surface area contributed by atoms with Crippen LogP contribution in [0.2, 0.25) is 5.02 Å². The van der Waals surface area contributed by atoms with Crippen molar-refractivity contribution < 1.29 is 9.59 Å². The van der Waals surface area contributed by atoms with Gasteiger partial charge in [0.1, 0.15) is 5.82 Å². The molecule has 0 aliphatic carbocycles. The van der Waals surface area contributed by atoms with Crippen LogP contribution >= 0.6 is 11.6 Å². The van der Waals surface area contributed by atoms with Crippen LogP contribution in [0.1, 0.15) is 26.5 Å². The number of halogens is 1. The van der Waals surface area contributed by atoms with Gasteiger partial charge in [-0.3, -0.25) is 23.9 Å². The highest BCUT2D eigenvalue weighted by atomic mass is 35.5. The van der Waals surface area contributed by atoms with Gasteiger partial charge < -0.3 is 0 Å². The zero-order valence-corrected chi connectivity index (χ0v) is 17.0. The summed E-state index contributed by atoms with van der Waals surface area (Å²) in [6.45, 7) is 0.0988. The molecule has 1 aliphatic rings. The summed E-state index contributed by atoms with van der Waals surface area (Å²) in [7, 11) is 0. The molecular weight excluding hydrogens is 414 g/mol. The Balaban J connectivity index is 1.58. The lowest BCUT2D eigenvalue weighted by molar-refractivity contribution is 0.0655. The third-order valence-electron chi connectivity index (χ3n) is 5.38. The molecule has 0 fully saturated rings. The van der Waals surface area contributed by atoms with E-state index in [1.54, 1.807) is 66.7 Å². The highest BCUT2D eigenvalue weighted by Crippen LogP contribution is 2.24. The Hall–Kier alpha value is -3.77. The SMILES string of the molecule is O=C1c2ccccc2C(=O)N1CCc1nc2ccccc2c(=O)n1-c1ccccc1Cl. The maximum atomic E-state index is 13.3. The second kappa shape index (κ2) is 7.49. The predicted octanol–water partition coefficient (Wildman–Crippen LogP) is 3.88. The molecule has 31 heavy (non-hydrogen) atoms. The van der Waals surface area contributed by atoms with Gasteiger partial charge in [0, 0.05) is 13.0 Å². The van der Waals surface area contributed by atoms with Crippen molar-refractivity contribution in [3.05, 3.63) is 105 Å². The Kier molecular flexibility index (Phi) is 4.64. The van der Waals surface area contributed by atoms with E-state index in [1.165, 1.54) is 9.47 Å². The predicted molar refractivity (Wildman–Crippen MR) is 118 cm³/mol. The van der Waals surface area contributed by atoms with E-state index in [0.29, 0.717) is 38.6 Å². The van der Waals surface area contributed by atoms with Gasteiger partial charge in [0.25, 0.3) is 17.4 Å². The van der Waals surface area contributed by atoms with Crippen molar-refractivity contribution in [3.63, 3.8) is 0 Å². The molecule has 1 aliphatic heterocycles. The van der Waals surface area contributed by atoms with Gasteiger partial charge in [-0.15, -0.1) is 0 Å². The number of benzene rings is 3. The topological polar surface area (TPSA) is 72.3 Å². The summed E-state index contributed by atoms with van der Waals surface area (Å²) in [5, 5.41) is 0.871. The number of hydrogen-bond acceptors (Lipinski definition) is 4. The fraction of sp³-hybridized carbons (Fsp3) is 0.0833. The van der Waals surface area contributed by atoms with Gasteiger partial charge in [-0.25, -0.2) is 4.98 Å². The van der Waals surface area contributed by atoms with Crippen molar-refractivity contribution in [1.29, 1.82) is 0 Å². The lowest BCUT2D eigenvalue weighted by Gasteiger charge is -2.17. The highest BCUT2D eigenvalue weighted by Gasteiger charge is 2.35. The first-order valence-electron chi connectivity index (χ1n) is 9.77. The maximum absolute atomic E-state index is 13.3. The summed E-state index contributed by atoms with van der Waals surface area (Å²) in [5.74, 6) is -0.255. The lowest BCUT2D eigenvalue weighted by Crippen LogP contribution is -2.33. The van der Waals surface area contributed by atoms with Crippen LogP contribution in [0.15, 0.2) is 77.6 Å². The number of imide groups is 1. The van der Waals surface area contributed by atoms with Crippen LogP contribution < -0.4 is 5.56 Å². The zero-order chi connectivity index (χ0) is 21.5. The molecule has 2 heterocycles. The first-order chi connectivity index (χ1) is 15.1. The molecule has 1 aromatic heterocycles. The number of nitrogens with zero attached hydrogens (tertiary/aromatic N) is 3. The molecular formula is C24H16ClN3O3. The molecule has 0 saturated heterocycles. The monoisotopic (exact) mass is 429 g/mol. The number of rotatable bonds is 4. The fourth-order valence-electron chi connectivity index (χ4n) is 3.88. The van der Waals surface area contributed by atoms with E-state index in [2.05, 4.69) is 4.98 Å². The van der Waals surface area contributed by atoms with Crippen molar-refractivity contribution in [2.75, 3.05) is 6.54 Å². The molecule has 0 saturated carbocycles. The van der Waals surface area contributed by atoms with Crippen LogP contribution in [0.4, 0.5) is 0 Å². The van der Waals surface area contributed by atoms with Crippen LogP contribution in [-0.4, -0.2) is 32.8 Å². The standard InChI is InChI=1S/C24H16ClN3O3/c25-18-10-4-6-12-20(18)28-21(26-19-11-5-3-9-17(19)24(28)31)13-14-27-22(29)15-7-1-2-8-16(15)23(27)30/h1-12H,13-14H2. The number of aromatic nitrogens is 2. The third kappa shape index (κ3) is 3.12. The van der Waals surface area contributed by atoms with E-state index >= 15 is 0 Å². The van der Waals surface area contributed by atoms with Gasteiger partial charge in [0.2, 0.25) is 0 Å². The van der Waals surface area contributed by atoms with Crippen LogP contribution in [0.3, 0.4) is 0 Å². The molecule has 7 heteroatoms. The summed E-state index contributed by atoms with van der Waals surface area (Å²) in [4.78, 5) is 44.6. The summed E-state index contributed by atoms with van der Waals surface area (Å²) < 4.78 is 1.46. The zero-order valence-electron chi connectivity index (χ0n) is 16.3. The van der Waals surface area contributed by atoms with Crippen molar-refractivity contribution in [2.45, 2.75) is 6.42 Å². The number of hydrogen-bond donors (Lipinski definition) is 0. The van der Waals surface area contributed by atoms with Gasteiger partial charge in [0.15, 0.2) is 0 Å². The van der Waals surface area contributed by atoms with Crippen molar-refractivity contribution >= 4 is 34.3 Å². The molecule has 0 atom stereocenters. The smallest absolute Gasteiger partial charge is 0.266 e. The molecule has 152 valence electrons. The van der Waals surface area contributed by atoms with Gasteiger partial charge >= 0.3 is 0 Å². The summed E-state index contributed by atoms with van der Waals surface area (Å²) in [6.07, 6.45) is 0.205. The van der Waals surface area contributed by atoms with Crippen molar-refractivity contribution in [2.24, 2.45) is 0 Å². The van der Waals surface area contributed by atoms with E-state index in [9.17, 15) is 14.4 Å². The van der Waals surface area contributed by atoms with Gasteiger partial charge in [-0.2, -0.15) is 0 Å². The first-order valence-corrected chi connectivity index (χ1v) is 10.1. The van der Waals surface area contributed by atoms with Gasteiger partial charge in [-0.1, -0.05) is 48.0 Å². The number of fused-ring (bicyclic) bond motifs is 2. The Morgan fingerprint density at radius 2 is 1.39 bits per heavy atom. The normalized spacial score (nSPS) is 13.1. The van der Waals surface area contributed by atoms with Crippen LogP contribution in [0, 0.1) is 0 Å². The average Bonchev–Trinajstić information content (AvgIpc) is 3.03. The second-order valence-electron chi connectivity index (χ2n) is 7.19. The first kappa shape index (κ1) is 19.2. The van der Waals surface area contributed by atoms with Crippen molar-refractivity contribution in [1.82, 2.24) is 14.5 Å². The maximum Gasteiger partial charge on any atom is 0.266 e. The number of carbonyl (C=O) groups is 2. The quantitative estimate of drug-likeness (QED) is 0.461. The highest BCUT2D eigenvalue weighted by molar-refractivity contribution is 6.32. The Morgan fingerprint density at radius 3 is 2.10 bits per heavy atom. The van der Waals surface area contributed by atoms with Crippen LogP contribution in [0.25, 0.3) is 16.6 Å². The Labute approximate surface area is 182 Å². The van der Waals surface area contributed by atoms with E-state index < -0.39 is 0 Å². The summed E-state index contributed by atoms with van der Waals surface area (Å²) >= 11 is 6.38. The molecule has 0 spiro atoms. The lowest BCUT2D eigenvalue weighted by atomic mass is 10.1. The molecule has 5 rings (SSSR count). The van der Waals surface area contributed by atoms with Crippen LogP contribution in [-0.2, 0) is 6.42 Å². The van der Waals surface area contributed by atoms with E-state index in [-0.39, 0.29) is 30.3 Å². The second-order valence-corrected chi connectivity index (χ2v) is 7.60. The molecule has 6 nitrogen and oxygen atoms in total. The van der Waals surface area contributed by atoms with E-state index in [4.69, 9.17) is 11.6 Å².